The maximum atomic E-state index is 12.5. The lowest BCUT2D eigenvalue weighted by Gasteiger charge is -2.36. The minimum atomic E-state index is -1.92. The van der Waals surface area contributed by atoms with Gasteiger partial charge in [0.05, 0.1) is 19.7 Å². The van der Waals surface area contributed by atoms with Crippen LogP contribution in [0.5, 0.6) is 0 Å². The Bertz CT molecular complexity index is 840. The molecule has 0 aliphatic rings. The van der Waals surface area contributed by atoms with E-state index in [2.05, 4.69) is 83.7 Å². The van der Waals surface area contributed by atoms with E-state index in [0.29, 0.717) is 19.8 Å². The standard InChI is InChI=1S/C27H56N4O7Si2/c1-21(25(35)36-17-18-38-40(11,12)27(5,6)7)31(8)24(34)13-14-29-23(33)20-30-22(32)19-28-15-16-37-39(9,10)26(2,3)4/h21,28H,13-20H2,1-12H3,(H,29,33)(H,30,32). The lowest BCUT2D eigenvalue weighted by molar-refractivity contribution is -0.154. The van der Waals surface area contributed by atoms with Crippen LogP contribution in [0.2, 0.25) is 36.3 Å². The van der Waals surface area contributed by atoms with Crippen molar-refractivity contribution in [3.63, 3.8) is 0 Å². The molecular weight excluding hydrogens is 548 g/mol. The molecule has 0 aliphatic carbocycles. The highest BCUT2D eigenvalue weighted by molar-refractivity contribution is 6.74. The van der Waals surface area contributed by atoms with Crippen LogP contribution < -0.4 is 16.0 Å². The number of carbonyl (C=O) groups excluding carboxylic acids is 4. The topological polar surface area (TPSA) is 135 Å². The fourth-order valence-electron chi connectivity index (χ4n) is 2.74. The predicted molar refractivity (Wildman–Crippen MR) is 163 cm³/mol. The highest BCUT2D eigenvalue weighted by atomic mass is 28.4. The summed E-state index contributed by atoms with van der Waals surface area (Å²) in [7, 11) is -2.22. The van der Waals surface area contributed by atoms with Crippen molar-refractivity contribution in [1.82, 2.24) is 20.9 Å². The van der Waals surface area contributed by atoms with Gasteiger partial charge in [-0.15, -0.1) is 0 Å². The number of rotatable bonds is 17. The third kappa shape index (κ3) is 14.2. The summed E-state index contributed by atoms with van der Waals surface area (Å²) in [5.74, 6) is -1.53. The zero-order valence-corrected chi connectivity index (χ0v) is 29.0. The van der Waals surface area contributed by atoms with Crippen molar-refractivity contribution in [3.8, 4) is 0 Å². The molecule has 3 amide bonds. The molecule has 11 nitrogen and oxygen atoms in total. The molecule has 13 heteroatoms. The minimum absolute atomic E-state index is 0.0120. The summed E-state index contributed by atoms with van der Waals surface area (Å²) >= 11 is 0. The number of nitrogens with zero attached hydrogens (tertiary/aromatic N) is 1. The van der Waals surface area contributed by atoms with Crippen LogP contribution in [0.1, 0.15) is 54.9 Å². The molecular formula is C27H56N4O7Si2. The van der Waals surface area contributed by atoms with Gasteiger partial charge in [0, 0.05) is 33.2 Å². The maximum Gasteiger partial charge on any atom is 0.328 e. The van der Waals surface area contributed by atoms with Crippen molar-refractivity contribution >= 4 is 40.3 Å². The molecule has 0 aliphatic heterocycles. The molecule has 0 saturated heterocycles. The second-order valence-corrected chi connectivity index (χ2v) is 22.7. The van der Waals surface area contributed by atoms with E-state index in [1.54, 1.807) is 6.92 Å². The second kappa shape index (κ2) is 16.6. The Labute approximate surface area is 244 Å². The Morgan fingerprint density at radius 2 is 1.25 bits per heavy atom. The van der Waals surface area contributed by atoms with Gasteiger partial charge in [-0.25, -0.2) is 4.79 Å². The van der Waals surface area contributed by atoms with Gasteiger partial charge in [-0.05, 0) is 43.2 Å². The lowest BCUT2D eigenvalue weighted by Crippen LogP contribution is -2.45. The van der Waals surface area contributed by atoms with Crippen LogP contribution in [0.3, 0.4) is 0 Å². The Hall–Kier alpha value is -1.81. The van der Waals surface area contributed by atoms with E-state index in [1.807, 2.05) is 0 Å². The first-order chi connectivity index (χ1) is 18.1. The van der Waals surface area contributed by atoms with Crippen LogP contribution in [0.4, 0.5) is 0 Å². The fraction of sp³-hybridized carbons (Fsp3) is 0.852. The third-order valence-electron chi connectivity index (χ3n) is 7.85. The van der Waals surface area contributed by atoms with E-state index in [1.165, 1.54) is 11.9 Å². The number of esters is 1. The summed E-state index contributed by atoms with van der Waals surface area (Å²) in [6, 6.07) is -0.768. The molecule has 1 atom stereocenters. The number of ether oxygens (including phenoxy) is 1. The van der Waals surface area contributed by atoms with Crippen LogP contribution in [0, 0.1) is 0 Å². The van der Waals surface area contributed by atoms with E-state index in [9.17, 15) is 19.2 Å². The highest BCUT2D eigenvalue weighted by Gasteiger charge is 2.37. The van der Waals surface area contributed by atoms with E-state index >= 15 is 0 Å². The van der Waals surface area contributed by atoms with Gasteiger partial charge < -0.3 is 34.4 Å². The number of nitrogens with one attached hydrogen (secondary N) is 3. The van der Waals surface area contributed by atoms with Gasteiger partial charge in [-0.1, -0.05) is 41.5 Å². The largest absolute Gasteiger partial charge is 0.462 e. The van der Waals surface area contributed by atoms with Crippen molar-refractivity contribution in [2.75, 3.05) is 53.0 Å². The summed E-state index contributed by atoms with van der Waals surface area (Å²) in [6.45, 7) is 24.6. The molecule has 40 heavy (non-hydrogen) atoms. The molecule has 0 aromatic heterocycles. The Morgan fingerprint density at radius 3 is 1.77 bits per heavy atom. The van der Waals surface area contributed by atoms with Gasteiger partial charge in [-0.3, -0.25) is 14.4 Å². The summed E-state index contributed by atoms with van der Waals surface area (Å²) in [5.41, 5.74) is 0. The molecule has 0 spiro atoms. The first-order valence-electron chi connectivity index (χ1n) is 14.1. The van der Waals surface area contributed by atoms with Gasteiger partial charge in [0.2, 0.25) is 17.7 Å². The molecule has 0 bridgehead atoms. The monoisotopic (exact) mass is 604 g/mol. The first-order valence-corrected chi connectivity index (χ1v) is 19.9. The summed E-state index contributed by atoms with van der Waals surface area (Å²) in [6.07, 6.45) is 0.0120. The van der Waals surface area contributed by atoms with Gasteiger partial charge in [0.15, 0.2) is 16.6 Å². The summed E-state index contributed by atoms with van der Waals surface area (Å²) in [4.78, 5) is 50.1. The van der Waals surface area contributed by atoms with Gasteiger partial charge >= 0.3 is 5.97 Å². The molecule has 0 aromatic carbocycles. The number of likely N-dealkylation sites (N-methyl/N-ethyl adjacent to an activating group) is 1. The average Bonchev–Trinajstić information content (AvgIpc) is 2.82. The number of amides is 3. The number of hydrogen-bond donors (Lipinski definition) is 3. The molecule has 1 unspecified atom stereocenters. The lowest BCUT2D eigenvalue weighted by atomic mass is 10.2. The highest BCUT2D eigenvalue weighted by Crippen LogP contribution is 2.37. The fourth-order valence-corrected chi connectivity index (χ4v) is 4.81. The first kappa shape index (κ1) is 38.2. The van der Waals surface area contributed by atoms with E-state index in [4.69, 9.17) is 13.6 Å². The Morgan fingerprint density at radius 1 is 0.750 bits per heavy atom. The third-order valence-corrected chi connectivity index (χ3v) is 16.9. The SMILES string of the molecule is CC(C(=O)OCCO[Si](C)(C)C(C)(C)C)N(C)C(=O)CCNC(=O)CNC(=O)CNCCO[Si](C)(C)C(C)(C)C. The molecule has 3 N–H and O–H groups in total. The molecule has 0 fully saturated rings. The van der Waals surface area contributed by atoms with Crippen molar-refractivity contribution in [2.45, 2.75) is 97.2 Å². The maximum absolute atomic E-state index is 12.5. The van der Waals surface area contributed by atoms with Crippen molar-refractivity contribution < 1.29 is 32.8 Å². The van der Waals surface area contributed by atoms with Crippen LogP contribution in [-0.2, 0) is 32.8 Å². The molecule has 0 saturated carbocycles. The van der Waals surface area contributed by atoms with Gasteiger partial charge in [0.1, 0.15) is 12.6 Å². The molecule has 0 heterocycles. The predicted octanol–water partition coefficient (Wildman–Crippen LogP) is 2.63. The van der Waals surface area contributed by atoms with Crippen molar-refractivity contribution in [3.05, 3.63) is 0 Å². The molecule has 0 radical (unpaired) electrons. The van der Waals surface area contributed by atoms with Crippen LogP contribution in [0.25, 0.3) is 0 Å². The zero-order chi connectivity index (χ0) is 31.4. The molecule has 0 rings (SSSR count). The van der Waals surface area contributed by atoms with Crippen LogP contribution in [-0.4, -0.2) is 104 Å². The minimum Gasteiger partial charge on any atom is -0.462 e. The van der Waals surface area contributed by atoms with Crippen LogP contribution >= 0.6 is 0 Å². The second-order valence-electron chi connectivity index (χ2n) is 13.1. The van der Waals surface area contributed by atoms with Gasteiger partial charge in [-0.2, -0.15) is 0 Å². The van der Waals surface area contributed by atoms with Crippen LogP contribution in [0.15, 0.2) is 0 Å². The average molecular weight is 605 g/mol. The smallest absolute Gasteiger partial charge is 0.328 e. The molecule has 0 aromatic rings. The van der Waals surface area contributed by atoms with Crippen molar-refractivity contribution in [2.24, 2.45) is 0 Å². The molecule has 234 valence electrons. The number of hydrogen-bond acceptors (Lipinski definition) is 8. The van der Waals surface area contributed by atoms with E-state index < -0.39 is 34.6 Å². The summed E-state index contributed by atoms with van der Waals surface area (Å²) < 4.78 is 17.3. The zero-order valence-electron chi connectivity index (χ0n) is 27.0. The van der Waals surface area contributed by atoms with E-state index in [-0.39, 0.29) is 54.6 Å². The quantitative estimate of drug-likeness (QED) is 0.131. The number of carbonyl (C=O) groups is 4. The normalized spacial score (nSPS) is 13.4. The summed E-state index contributed by atoms with van der Waals surface area (Å²) in [5, 5.41) is 8.34. The Kier molecular flexibility index (Phi) is 15.8. The van der Waals surface area contributed by atoms with Gasteiger partial charge in [0.25, 0.3) is 0 Å². The Balaban J connectivity index is 4.16. The van der Waals surface area contributed by atoms with Crippen molar-refractivity contribution in [1.29, 1.82) is 0 Å². The van der Waals surface area contributed by atoms with E-state index in [0.717, 1.165) is 0 Å².